The van der Waals surface area contributed by atoms with Crippen LogP contribution in [0.5, 0.6) is 0 Å². The van der Waals surface area contributed by atoms with E-state index in [1.54, 1.807) is 19.0 Å². The fraction of sp³-hybridized carbons (Fsp3) is 0.867. The number of carbonyl (C=O) groups is 1. The van der Waals surface area contributed by atoms with Gasteiger partial charge in [-0.2, -0.15) is 0 Å². The van der Waals surface area contributed by atoms with Gasteiger partial charge in [0.25, 0.3) is 0 Å². The third-order valence-electron chi connectivity index (χ3n) is 2.82. The number of ether oxygens (including phenoxy) is 1. The first-order valence-corrected chi connectivity index (χ1v) is 7.77. The summed E-state index contributed by atoms with van der Waals surface area (Å²) in [5.41, 5.74) is 0. The third kappa shape index (κ3) is 14.4. The van der Waals surface area contributed by atoms with E-state index in [1.165, 1.54) is 0 Å². The average Bonchev–Trinajstić information content (AvgIpc) is 2.41. The average molecular weight is 428 g/mol. The van der Waals surface area contributed by atoms with Gasteiger partial charge in [-0.25, -0.2) is 0 Å². The highest BCUT2D eigenvalue weighted by Crippen LogP contribution is 1.98. The van der Waals surface area contributed by atoms with Crippen molar-refractivity contribution in [2.24, 2.45) is 10.9 Å². The van der Waals surface area contributed by atoms with Crippen LogP contribution in [0.4, 0.5) is 0 Å². The maximum atomic E-state index is 11.5. The highest BCUT2D eigenvalue weighted by molar-refractivity contribution is 14.0. The van der Waals surface area contributed by atoms with Crippen molar-refractivity contribution >= 4 is 35.8 Å². The molecule has 2 N–H and O–H groups in total. The van der Waals surface area contributed by atoms with Crippen LogP contribution in [0.15, 0.2) is 4.99 Å². The summed E-state index contributed by atoms with van der Waals surface area (Å²) in [6.45, 7) is 9.79. The molecular weight excluding hydrogens is 395 g/mol. The number of hydrogen-bond donors (Lipinski definition) is 2. The Morgan fingerprint density at radius 1 is 1.23 bits per heavy atom. The summed E-state index contributed by atoms with van der Waals surface area (Å²) in [5, 5.41) is 6.30. The second-order valence-electron chi connectivity index (χ2n) is 5.52. The van der Waals surface area contributed by atoms with Crippen molar-refractivity contribution in [1.82, 2.24) is 15.5 Å². The van der Waals surface area contributed by atoms with E-state index in [4.69, 9.17) is 4.74 Å². The number of hydrogen-bond acceptors (Lipinski definition) is 3. The van der Waals surface area contributed by atoms with Crippen molar-refractivity contribution in [1.29, 1.82) is 0 Å². The van der Waals surface area contributed by atoms with Crippen LogP contribution in [0.3, 0.4) is 0 Å². The Balaban J connectivity index is 0. The van der Waals surface area contributed by atoms with Crippen LogP contribution in [0.2, 0.25) is 0 Å². The van der Waals surface area contributed by atoms with Gasteiger partial charge in [-0.1, -0.05) is 13.8 Å². The number of halogens is 1. The van der Waals surface area contributed by atoms with Crippen LogP contribution < -0.4 is 10.6 Å². The van der Waals surface area contributed by atoms with Crippen molar-refractivity contribution in [3.8, 4) is 0 Å². The molecule has 0 saturated carbocycles. The largest absolute Gasteiger partial charge is 0.380 e. The Bertz CT molecular complexity index is 310. The molecule has 0 aromatic heterocycles. The molecule has 7 heteroatoms. The number of guanidine groups is 1. The molecule has 0 unspecified atom stereocenters. The molecule has 132 valence electrons. The minimum atomic E-state index is 0. The van der Waals surface area contributed by atoms with Gasteiger partial charge in [-0.05, 0) is 19.3 Å². The minimum Gasteiger partial charge on any atom is -0.380 e. The second kappa shape index (κ2) is 15.3. The summed E-state index contributed by atoms with van der Waals surface area (Å²) in [7, 11) is 3.52. The zero-order valence-corrected chi connectivity index (χ0v) is 17.0. The van der Waals surface area contributed by atoms with Gasteiger partial charge in [0.2, 0.25) is 5.91 Å². The number of amides is 1. The molecule has 0 aromatic carbocycles. The van der Waals surface area contributed by atoms with E-state index in [2.05, 4.69) is 29.5 Å². The summed E-state index contributed by atoms with van der Waals surface area (Å²) in [5.74, 6) is 1.51. The van der Waals surface area contributed by atoms with Gasteiger partial charge in [0.1, 0.15) is 0 Å². The van der Waals surface area contributed by atoms with Gasteiger partial charge in [0.05, 0.1) is 13.2 Å². The van der Waals surface area contributed by atoms with E-state index in [0.717, 1.165) is 25.5 Å². The van der Waals surface area contributed by atoms with Crippen molar-refractivity contribution in [3.05, 3.63) is 0 Å². The van der Waals surface area contributed by atoms with Crippen molar-refractivity contribution < 1.29 is 9.53 Å². The Kier molecular flexibility index (Phi) is 16.5. The first-order valence-electron chi connectivity index (χ1n) is 7.77. The quantitative estimate of drug-likeness (QED) is 0.241. The Morgan fingerprint density at radius 3 is 2.45 bits per heavy atom. The number of rotatable bonds is 10. The molecule has 0 radical (unpaired) electrons. The second-order valence-corrected chi connectivity index (χ2v) is 5.52. The standard InChI is InChI=1S/C15H32N4O2.HI/c1-6-16-15(17-9-7-14(20)19(4)5)18-10-12-21-11-8-13(2)3;/h13H,6-12H2,1-5H3,(H2,16,17,18);1H. The maximum absolute atomic E-state index is 11.5. The third-order valence-corrected chi connectivity index (χ3v) is 2.82. The molecule has 0 aromatic rings. The van der Waals surface area contributed by atoms with Gasteiger partial charge in [0.15, 0.2) is 5.96 Å². The topological polar surface area (TPSA) is 66.0 Å². The van der Waals surface area contributed by atoms with E-state index in [9.17, 15) is 4.79 Å². The highest BCUT2D eigenvalue weighted by atomic mass is 127. The molecular formula is C15H33IN4O2. The van der Waals surface area contributed by atoms with E-state index >= 15 is 0 Å². The Labute approximate surface area is 152 Å². The summed E-state index contributed by atoms with van der Waals surface area (Å²) in [6.07, 6.45) is 1.54. The number of nitrogens with zero attached hydrogens (tertiary/aromatic N) is 2. The molecule has 0 fully saturated rings. The van der Waals surface area contributed by atoms with Crippen molar-refractivity contribution in [3.63, 3.8) is 0 Å². The Hall–Kier alpha value is -0.570. The molecule has 0 saturated heterocycles. The van der Waals surface area contributed by atoms with E-state index in [0.29, 0.717) is 32.0 Å². The fourth-order valence-electron chi connectivity index (χ4n) is 1.50. The molecule has 0 spiro atoms. The van der Waals surface area contributed by atoms with Gasteiger partial charge in [-0.3, -0.25) is 9.79 Å². The number of aliphatic imine (C=N–C) groups is 1. The lowest BCUT2D eigenvalue weighted by Gasteiger charge is -2.13. The smallest absolute Gasteiger partial charge is 0.223 e. The van der Waals surface area contributed by atoms with Crippen LogP contribution in [0.25, 0.3) is 0 Å². The lowest BCUT2D eigenvalue weighted by molar-refractivity contribution is -0.128. The predicted molar refractivity (Wildman–Crippen MR) is 103 cm³/mol. The summed E-state index contributed by atoms with van der Waals surface area (Å²) >= 11 is 0. The highest BCUT2D eigenvalue weighted by Gasteiger charge is 2.04. The first-order chi connectivity index (χ1) is 9.97. The Morgan fingerprint density at radius 2 is 1.91 bits per heavy atom. The molecule has 0 rings (SSSR count). The van der Waals surface area contributed by atoms with Gasteiger partial charge >= 0.3 is 0 Å². The number of carbonyl (C=O) groups excluding carboxylic acids is 1. The predicted octanol–water partition coefficient (Wildman–Crippen LogP) is 1.70. The lowest BCUT2D eigenvalue weighted by Crippen LogP contribution is -2.39. The molecule has 0 aliphatic carbocycles. The SMILES string of the molecule is CCNC(=NCCOCCC(C)C)NCCC(=O)N(C)C.I. The van der Waals surface area contributed by atoms with Crippen LogP contribution in [-0.4, -0.2) is 63.7 Å². The molecule has 0 aliphatic rings. The molecule has 6 nitrogen and oxygen atoms in total. The van der Waals surface area contributed by atoms with Crippen molar-refractivity contribution in [2.75, 3.05) is 46.9 Å². The zero-order valence-electron chi connectivity index (χ0n) is 14.6. The molecule has 0 aliphatic heterocycles. The van der Waals surface area contributed by atoms with E-state index < -0.39 is 0 Å². The van der Waals surface area contributed by atoms with Gasteiger partial charge < -0.3 is 20.3 Å². The van der Waals surface area contributed by atoms with Gasteiger partial charge in [-0.15, -0.1) is 24.0 Å². The summed E-state index contributed by atoms with van der Waals surface area (Å²) in [4.78, 5) is 17.5. The molecule has 1 amide bonds. The zero-order chi connectivity index (χ0) is 16.1. The number of nitrogens with one attached hydrogen (secondary N) is 2. The molecule has 0 atom stereocenters. The van der Waals surface area contributed by atoms with Crippen LogP contribution >= 0.6 is 24.0 Å². The maximum Gasteiger partial charge on any atom is 0.223 e. The first kappa shape index (κ1) is 23.7. The van der Waals surface area contributed by atoms with Crippen LogP contribution in [-0.2, 0) is 9.53 Å². The monoisotopic (exact) mass is 428 g/mol. The minimum absolute atomic E-state index is 0. The van der Waals surface area contributed by atoms with E-state index in [1.807, 2.05) is 6.92 Å². The van der Waals surface area contributed by atoms with Crippen molar-refractivity contribution in [2.45, 2.75) is 33.6 Å². The van der Waals surface area contributed by atoms with Crippen LogP contribution in [0.1, 0.15) is 33.6 Å². The molecule has 0 heterocycles. The molecule has 22 heavy (non-hydrogen) atoms. The summed E-state index contributed by atoms with van der Waals surface area (Å²) < 4.78 is 5.52. The molecule has 0 bridgehead atoms. The van der Waals surface area contributed by atoms with E-state index in [-0.39, 0.29) is 29.9 Å². The van der Waals surface area contributed by atoms with Crippen LogP contribution in [0, 0.1) is 5.92 Å². The normalized spacial score (nSPS) is 11.1. The fourth-order valence-corrected chi connectivity index (χ4v) is 1.50. The lowest BCUT2D eigenvalue weighted by atomic mass is 10.1. The van der Waals surface area contributed by atoms with Gasteiger partial charge in [0, 0.05) is 40.2 Å². The summed E-state index contributed by atoms with van der Waals surface area (Å²) in [6, 6.07) is 0.